The Hall–Kier alpha value is -0.0400. The Morgan fingerprint density at radius 3 is 2.67 bits per heavy atom. The monoisotopic (exact) mass is 408 g/mol. The maximum Gasteiger partial charge on any atom is 0.193 e. The first-order chi connectivity index (χ1) is 9.61. The molecule has 2 unspecified atom stereocenters. The van der Waals surface area contributed by atoms with Crippen molar-refractivity contribution in [3.63, 3.8) is 0 Å². The highest BCUT2D eigenvalue weighted by Crippen LogP contribution is 2.27. The molecule has 2 fully saturated rings. The molecule has 2 atom stereocenters. The van der Waals surface area contributed by atoms with Crippen LogP contribution in [0.1, 0.15) is 46.5 Å². The highest BCUT2D eigenvalue weighted by Gasteiger charge is 2.29. The van der Waals surface area contributed by atoms with Gasteiger partial charge in [-0.05, 0) is 52.5 Å². The van der Waals surface area contributed by atoms with Crippen molar-refractivity contribution in [2.45, 2.75) is 58.5 Å². The van der Waals surface area contributed by atoms with E-state index in [1.807, 2.05) is 0 Å². The third-order valence-electron chi connectivity index (χ3n) is 4.61. The molecule has 0 spiro atoms. The molecular formula is C16H33IN4. The number of guanidine groups is 1. The zero-order valence-corrected chi connectivity index (χ0v) is 16.5. The minimum atomic E-state index is 0. The first-order valence-corrected chi connectivity index (χ1v) is 8.37. The summed E-state index contributed by atoms with van der Waals surface area (Å²) in [5.74, 6) is 1.91. The van der Waals surface area contributed by atoms with Gasteiger partial charge in [0.25, 0.3) is 0 Å². The van der Waals surface area contributed by atoms with E-state index in [2.05, 4.69) is 42.9 Å². The standard InChI is InChI=1S/C16H32N4.HI/c1-5-17-16(20-10-6-7-13(2)12-20)18-11-14(3)19(4)15-8-9-15;/h13-15H,5-12H2,1-4H3,(H,17,18);1H. The topological polar surface area (TPSA) is 30.9 Å². The Morgan fingerprint density at radius 2 is 2.10 bits per heavy atom. The maximum absolute atomic E-state index is 4.89. The van der Waals surface area contributed by atoms with Gasteiger partial charge in [0.15, 0.2) is 5.96 Å². The number of rotatable bonds is 5. The van der Waals surface area contributed by atoms with Crippen molar-refractivity contribution >= 4 is 29.9 Å². The van der Waals surface area contributed by atoms with Crippen LogP contribution >= 0.6 is 24.0 Å². The van der Waals surface area contributed by atoms with Gasteiger partial charge in [-0.25, -0.2) is 0 Å². The molecule has 1 aliphatic heterocycles. The molecule has 1 aliphatic carbocycles. The van der Waals surface area contributed by atoms with Crippen LogP contribution in [0.15, 0.2) is 4.99 Å². The molecule has 1 N–H and O–H groups in total. The molecule has 21 heavy (non-hydrogen) atoms. The largest absolute Gasteiger partial charge is 0.357 e. The summed E-state index contributed by atoms with van der Waals surface area (Å²) in [5, 5.41) is 3.47. The van der Waals surface area contributed by atoms with Crippen LogP contribution < -0.4 is 5.32 Å². The van der Waals surface area contributed by atoms with Gasteiger partial charge >= 0.3 is 0 Å². The Kier molecular flexibility index (Phi) is 8.31. The molecule has 0 radical (unpaired) electrons. The second kappa shape index (κ2) is 9.18. The van der Waals surface area contributed by atoms with Gasteiger partial charge in [-0.1, -0.05) is 6.92 Å². The molecule has 4 nitrogen and oxygen atoms in total. The zero-order chi connectivity index (χ0) is 14.5. The molecule has 0 aromatic carbocycles. The highest BCUT2D eigenvalue weighted by atomic mass is 127. The molecule has 1 saturated carbocycles. The van der Waals surface area contributed by atoms with Crippen molar-refractivity contribution in [2.24, 2.45) is 10.9 Å². The number of nitrogens with zero attached hydrogens (tertiary/aromatic N) is 3. The van der Waals surface area contributed by atoms with E-state index >= 15 is 0 Å². The van der Waals surface area contributed by atoms with Gasteiger partial charge in [-0.3, -0.25) is 9.89 Å². The molecular weight excluding hydrogens is 375 g/mol. The quantitative estimate of drug-likeness (QED) is 0.431. The summed E-state index contributed by atoms with van der Waals surface area (Å²) in [6.45, 7) is 11.0. The molecule has 2 aliphatic rings. The maximum atomic E-state index is 4.89. The van der Waals surface area contributed by atoms with Crippen molar-refractivity contribution in [1.82, 2.24) is 15.1 Å². The summed E-state index contributed by atoms with van der Waals surface area (Å²) in [4.78, 5) is 9.83. The van der Waals surface area contributed by atoms with E-state index in [9.17, 15) is 0 Å². The average Bonchev–Trinajstić information content (AvgIpc) is 3.26. The van der Waals surface area contributed by atoms with Crippen molar-refractivity contribution in [3.8, 4) is 0 Å². The van der Waals surface area contributed by atoms with Gasteiger partial charge in [0.05, 0.1) is 6.54 Å². The Bertz CT molecular complexity index is 330. The minimum absolute atomic E-state index is 0. The van der Waals surface area contributed by atoms with Gasteiger partial charge in [-0.2, -0.15) is 0 Å². The number of aliphatic imine (C=N–C) groups is 1. The second-order valence-electron chi connectivity index (χ2n) is 6.63. The Balaban J connectivity index is 0.00000220. The second-order valence-corrected chi connectivity index (χ2v) is 6.63. The molecule has 5 heteroatoms. The molecule has 0 aromatic heterocycles. The number of hydrogen-bond acceptors (Lipinski definition) is 2. The molecule has 0 amide bonds. The van der Waals surface area contributed by atoms with Crippen LogP contribution in [0.5, 0.6) is 0 Å². The van der Waals surface area contributed by atoms with Crippen molar-refractivity contribution in [2.75, 3.05) is 33.2 Å². The first-order valence-electron chi connectivity index (χ1n) is 8.37. The van der Waals surface area contributed by atoms with Crippen molar-refractivity contribution in [3.05, 3.63) is 0 Å². The fourth-order valence-electron chi connectivity index (χ4n) is 3.00. The van der Waals surface area contributed by atoms with E-state index in [0.29, 0.717) is 6.04 Å². The first kappa shape index (κ1) is 19.0. The molecule has 0 aromatic rings. The Morgan fingerprint density at radius 1 is 1.38 bits per heavy atom. The number of likely N-dealkylation sites (tertiary alicyclic amines) is 1. The highest BCUT2D eigenvalue weighted by molar-refractivity contribution is 14.0. The molecule has 1 saturated heterocycles. The number of likely N-dealkylation sites (N-methyl/N-ethyl adjacent to an activating group) is 1. The van der Waals surface area contributed by atoms with Gasteiger partial charge in [0.2, 0.25) is 0 Å². The van der Waals surface area contributed by atoms with E-state index in [1.54, 1.807) is 0 Å². The number of hydrogen-bond donors (Lipinski definition) is 1. The minimum Gasteiger partial charge on any atom is -0.357 e. The van der Waals surface area contributed by atoms with Crippen molar-refractivity contribution < 1.29 is 0 Å². The SMILES string of the molecule is CCNC(=NCC(C)N(C)C1CC1)N1CCCC(C)C1.I. The fourth-order valence-corrected chi connectivity index (χ4v) is 3.00. The molecule has 124 valence electrons. The van der Waals surface area contributed by atoms with Crippen LogP contribution in [0.4, 0.5) is 0 Å². The van der Waals surface area contributed by atoms with Gasteiger partial charge in [0.1, 0.15) is 0 Å². The van der Waals surface area contributed by atoms with E-state index in [4.69, 9.17) is 4.99 Å². The van der Waals surface area contributed by atoms with Crippen LogP contribution in [0, 0.1) is 5.92 Å². The predicted octanol–water partition coefficient (Wildman–Crippen LogP) is 2.78. The number of nitrogens with one attached hydrogen (secondary N) is 1. The van der Waals surface area contributed by atoms with E-state index < -0.39 is 0 Å². The van der Waals surface area contributed by atoms with Crippen LogP contribution in [-0.4, -0.2) is 61.1 Å². The average molecular weight is 408 g/mol. The summed E-state index contributed by atoms with van der Waals surface area (Å²) >= 11 is 0. The van der Waals surface area contributed by atoms with Gasteiger partial charge in [0, 0.05) is 31.7 Å². The summed E-state index contributed by atoms with van der Waals surface area (Å²) in [6, 6.07) is 1.36. The summed E-state index contributed by atoms with van der Waals surface area (Å²) in [7, 11) is 2.24. The lowest BCUT2D eigenvalue weighted by Gasteiger charge is -2.34. The van der Waals surface area contributed by atoms with Gasteiger partial charge in [-0.15, -0.1) is 24.0 Å². The van der Waals surface area contributed by atoms with E-state index in [0.717, 1.165) is 44.1 Å². The zero-order valence-electron chi connectivity index (χ0n) is 14.1. The normalized spacial score (nSPS) is 24.7. The molecule has 0 bridgehead atoms. The third-order valence-corrected chi connectivity index (χ3v) is 4.61. The van der Waals surface area contributed by atoms with Crippen LogP contribution in [-0.2, 0) is 0 Å². The van der Waals surface area contributed by atoms with Crippen LogP contribution in [0.3, 0.4) is 0 Å². The van der Waals surface area contributed by atoms with Crippen LogP contribution in [0.25, 0.3) is 0 Å². The molecule has 1 heterocycles. The lowest BCUT2D eigenvalue weighted by Crippen LogP contribution is -2.46. The fraction of sp³-hybridized carbons (Fsp3) is 0.938. The van der Waals surface area contributed by atoms with Crippen LogP contribution in [0.2, 0.25) is 0 Å². The third kappa shape index (κ3) is 5.93. The summed E-state index contributed by atoms with van der Waals surface area (Å²) in [6.07, 6.45) is 5.39. The number of halogens is 1. The van der Waals surface area contributed by atoms with Gasteiger partial charge < -0.3 is 10.2 Å². The predicted molar refractivity (Wildman–Crippen MR) is 102 cm³/mol. The van der Waals surface area contributed by atoms with E-state index in [-0.39, 0.29) is 24.0 Å². The summed E-state index contributed by atoms with van der Waals surface area (Å²) < 4.78 is 0. The Labute approximate surface area is 147 Å². The number of piperidine rings is 1. The van der Waals surface area contributed by atoms with Crippen molar-refractivity contribution in [1.29, 1.82) is 0 Å². The lowest BCUT2D eigenvalue weighted by molar-refractivity contribution is 0.247. The summed E-state index contributed by atoms with van der Waals surface area (Å²) in [5.41, 5.74) is 0. The molecule has 2 rings (SSSR count). The smallest absolute Gasteiger partial charge is 0.193 e. The lowest BCUT2D eigenvalue weighted by atomic mass is 10.0. The van der Waals surface area contributed by atoms with E-state index in [1.165, 1.54) is 25.7 Å².